The number of nitrogen functional groups attached to an aromatic ring is 1. The summed E-state index contributed by atoms with van der Waals surface area (Å²) in [6, 6.07) is 9.20. The summed E-state index contributed by atoms with van der Waals surface area (Å²) in [5, 5.41) is 16.4. The van der Waals surface area contributed by atoms with Crippen LogP contribution < -0.4 is 20.5 Å². The van der Waals surface area contributed by atoms with Gasteiger partial charge in [0.05, 0.1) is 5.56 Å². The Labute approximate surface area is 166 Å². The van der Waals surface area contributed by atoms with Crippen LogP contribution in [0.3, 0.4) is 0 Å². The number of carbonyl (C=O) groups is 1. The van der Waals surface area contributed by atoms with Gasteiger partial charge in [-0.2, -0.15) is 10.4 Å². The van der Waals surface area contributed by atoms with Gasteiger partial charge >= 0.3 is 6.09 Å². The molecule has 3 N–H and O–H groups in total. The van der Waals surface area contributed by atoms with E-state index >= 15 is 0 Å². The summed E-state index contributed by atoms with van der Waals surface area (Å²) in [5.41, 5.74) is 8.88. The molecule has 9 heteroatoms. The number of ether oxygens (including phenoxy) is 2. The van der Waals surface area contributed by atoms with E-state index in [9.17, 15) is 10.1 Å². The number of carbonyl (C=O) groups excluding carboxylic acids is 1. The first-order valence-corrected chi connectivity index (χ1v) is 8.86. The van der Waals surface area contributed by atoms with E-state index in [4.69, 9.17) is 15.2 Å². The molecule has 1 aromatic carbocycles. The van der Waals surface area contributed by atoms with Crippen molar-refractivity contribution in [1.29, 1.82) is 5.26 Å². The predicted molar refractivity (Wildman–Crippen MR) is 105 cm³/mol. The third kappa shape index (κ3) is 3.21. The first-order chi connectivity index (χ1) is 13.9. The maximum atomic E-state index is 12.6. The number of nitrogens with two attached hydrogens (primary N) is 1. The van der Waals surface area contributed by atoms with Crippen molar-refractivity contribution >= 4 is 17.7 Å². The summed E-state index contributed by atoms with van der Waals surface area (Å²) in [5.74, 6) is 1.09. The van der Waals surface area contributed by atoms with Crippen LogP contribution in [0.25, 0.3) is 11.1 Å². The van der Waals surface area contributed by atoms with Crippen LogP contribution in [0, 0.1) is 18.3 Å². The van der Waals surface area contributed by atoms with E-state index in [2.05, 4.69) is 21.5 Å². The number of hydrogen-bond acceptors (Lipinski definition) is 7. The molecule has 29 heavy (non-hydrogen) atoms. The molecule has 1 aliphatic rings. The molecule has 3 aromatic rings. The average molecular weight is 390 g/mol. The van der Waals surface area contributed by atoms with Crippen LogP contribution in [0.1, 0.15) is 29.8 Å². The van der Waals surface area contributed by atoms with Gasteiger partial charge in [-0.15, -0.1) is 0 Å². The monoisotopic (exact) mass is 390 g/mol. The summed E-state index contributed by atoms with van der Waals surface area (Å²) < 4.78 is 13.0. The molecule has 1 aliphatic heterocycles. The van der Waals surface area contributed by atoms with Gasteiger partial charge < -0.3 is 15.2 Å². The van der Waals surface area contributed by atoms with Gasteiger partial charge in [-0.3, -0.25) is 10.00 Å². The van der Waals surface area contributed by atoms with Gasteiger partial charge in [0.25, 0.3) is 0 Å². The van der Waals surface area contributed by atoms with E-state index in [1.54, 1.807) is 19.2 Å². The summed E-state index contributed by atoms with van der Waals surface area (Å²) in [4.78, 5) is 16.8. The molecule has 0 aliphatic carbocycles. The van der Waals surface area contributed by atoms with Crippen LogP contribution >= 0.6 is 0 Å². The number of benzene rings is 1. The number of rotatable bonds is 0. The Kier molecular flexibility index (Phi) is 4.31. The Morgan fingerprint density at radius 3 is 2.86 bits per heavy atom. The Morgan fingerprint density at radius 1 is 1.31 bits per heavy atom. The summed E-state index contributed by atoms with van der Waals surface area (Å²) in [7, 11) is 1.61. The topological polar surface area (TPSA) is 128 Å². The van der Waals surface area contributed by atoms with Gasteiger partial charge in [0, 0.05) is 24.4 Å². The molecule has 3 heterocycles. The van der Waals surface area contributed by atoms with E-state index in [0.717, 1.165) is 5.56 Å². The van der Waals surface area contributed by atoms with Crippen LogP contribution in [0.2, 0.25) is 0 Å². The molecule has 1 amide bonds. The Balaban J connectivity index is 1.94. The minimum absolute atomic E-state index is 0.175. The first kappa shape index (κ1) is 18.3. The number of nitrogens with one attached hydrogen (secondary N) is 1. The smallest absolute Gasteiger partial charge is 0.418 e. The molecule has 0 spiro atoms. The van der Waals surface area contributed by atoms with Crippen LogP contribution in [-0.4, -0.2) is 20.9 Å². The quantitative estimate of drug-likeness (QED) is 0.602. The molecule has 0 saturated heterocycles. The SMILES string of the molecule is Cc1ccc2c(c1)[C@@H](C)Oc1cc(cnc1N)-c1c(nn(C)c1C#N)NC(=O)O2. The molecular weight excluding hydrogens is 372 g/mol. The highest BCUT2D eigenvalue weighted by Crippen LogP contribution is 2.37. The molecule has 0 saturated carbocycles. The van der Waals surface area contributed by atoms with Gasteiger partial charge in [-0.05, 0) is 32.0 Å². The number of pyridine rings is 1. The third-order valence-electron chi connectivity index (χ3n) is 4.65. The Morgan fingerprint density at radius 2 is 2.10 bits per heavy atom. The fourth-order valence-corrected chi connectivity index (χ4v) is 3.25. The molecule has 2 bridgehead atoms. The summed E-state index contributed by atoms with van der Waals surface area (Å²) in [6.45, 7) is 3.76. The Hall–Kier alpha value is -4.06. The van der Waals surface area contributed by atoms with Crippen molar-refractivity contribution in [2.45, 2.75) is 20.0 Å². The molecule has 146 valence electrons. The van der Waals surface area contributed by atoms with Gasteiger partial charge in [0.15, 0.2) is 17.4 Å². The fraction of sp³-hybridized carbons (Fsp3) is 0.200. The molecular formula is C20H18N6O3. The lowest BCUT2D eigenvalue weighted by atomic mass is 10.1. The number of amides is 1. The van der Waals surface area contributed by atoms with Crippen molar-refractivity contribution in [2.75, 3.05) is 11.1 Å². The zero-order chi connectivity index (χ0) is 20.7. The number of aryl methyl sites for hydroxylation is 2. The molecule has 0 radical (unpaired) electrons. The van der Waals surface area contributed by atoms with Crippen LogP contribution in [0.5, 0.6) is 11.5 Å². The van der Waals surface area contributed by atoms with E-state index in [1.165, 1.54) is 10.9 Å². The molecule has 0 unspecified atom stereocenters. The van der Waals surface area contributed by atoms with E-state index in [0.29, 0.717) is 28.2 Å². The number of hydrogen-bond donors (Lipinski definition) is 2. The molecule has 1 atom stereocenters. The maximum Gasteiger partial charge on any atom is 0.418 e. The second-order valence-corrected chi connectivity index (χ2v) is 6.73. The predicted octanol–water partition coefficient (Wildman–Crippen LogP) is 3.31. The third-order valence-corrected chi connectivity index (χ3v) is 4.65. The van der Waals surface area contributed by atoms with Crippen LogP contribution in [-0.2, 0) is 7.05 Å². The first-order valence-electron chi connectivity index (χ1n) is 8.86. The largest absolute Gasteiger partial charge is 0.482 e. The summed E-state index contributed by atoms with van der Waals surface area (Å²) >= 11 is 0. The normalized spacial score (nSPS) is 15.4. The second-order valence-electron chi connectivity index (χ2n) is 6.73. The van der Waals surface area contributed by atoms with Crippen molar-refractivity contribution in [2.24, 2.45) is 7.05 Å². The van der Waals surface area contributed by atoms with E-state index in [1.807, 2.05) is 26.0 Å². The van der Waals surface area contributed by atoms with Crippen molar-refractivity contribution < 1.29 is 14.3 Å². The van der Waals surface area contributed by atoms with Gasteiger partial charge in [-0.25, -0.2) is 9.78 Å². The van der Waals surface area contributed by atoms with E-state index in [-0.39, 0.29) is 17.3 Å². The van der Waals surface area contributed by atoms with Gasteiger partial charge in [-0.1, -0.05) is 11.6 Å². The van der Waals surface area contributed by atoms with Crippen molar-refractivity contribution in [3.63, 3.8) is 0 Å². The highest BCUT2D eigenvalue weighted by atomic mass is 16.6. The number of anilines is 2. The van der Waals surface area contributed by atoms with Crippen molar-refractivity contribution in [3.8, 4) is 28.7 Å². The minimum Gasteiger partial charge on any atom is -0.482 e. The molecule has 4 rings (SSSR count). The lowest BCUT2D eigenvalue weighted by Gasteiger charge is -2.20. The average Bonchev–Trinajstić information content (AvgIpc) is 2.98. The summed E-state index contributed by atoms with van der Waals surface area (Å²) in [6.07, 6.45) is 0.307. The highest BCUT2D eigenvalue weighted by Gasteiger charge is 2.25. The van der Waals surface area contributed by atoms with Gasteiger partial charge in [0.1, 0.15) is 23.6 Å². The second kappa shape index (κ2) is 6.83. The molecule has 0 fully saturated rings. The van der Waals surface area contributed by atoms with Crippen LogP contribution in [0.15, 0.2) is 30.5 Å². The zero-order valence-corrected chi connectivity index (χ0v) is 16.1. The zero-order valence-electron chi connectivity index (χ0n) is 16.1. The molecule has 2 aromatic heterocycles. The standard InChI is InChI=1S/C20H18N6O3/c1-10-4-5-15-13(6-10)11(2)28-16-7-12(9-23-18(16)22)17-14(8-21)26(3)25-19(17)24-20(27)29-15/h4-7,9,11H,1-3H3,(H2,22,23)(H,24,25,27)/t11-/m1/s1. The lowest BCUT2D eigenvalue weighted by molar-refractivity contribution is 0.205. The van der Waals surface area contributed by atoms with Crippen molar-refractivity contribution in [3.05, 3.63) is 47.3 Å². The minimum atomic E-state index is -0.727. The number of fused-ring (bicyclic) bond motifs is 5. The van der Waals surface area contributed by atoms with E-state index < -0.39 is 12.2 Å². The van der Waals surface area contributed by atoms with Crippen molar-refractivity contribution in [1.82, 2.24) is 14.8 Å². The number of nitriles is 1. The maximum absolute atomic E-state index is 12.6. The van der Waals surface area contributed by atoms with Gasteiger partial charge in [0.2, 0.25) is 0 Å². The molecule has 9 nitrogen and oxygen atoms in total. The Bertz CT molecular complexity index is 1180. The number of aromatic nitrogens is 3. The number of nitrogens with zero attached hydrogens (tertiary/aromatic N) is 4. The van der Waals surface area contributed by atoms with Crippen LogP contribution in [0.4, 0.5) is 16.4 Å². The highest BCUT2D eigenvalue weighted by molar-refractivity contribution is 5.92. The lowest BCUT2D eigenvalue weighted by Crippen LogP contribution is -2.20. The fourth-order valence-electron chi connectivity index (χ4n) is 3.25.